The van der Waals surface area contributed by atoms with Gasteiger partial charge in [-0.25, -0.2) is 9.59 Å². The van der Waals surface area contributed by atoms with E-state index < -0.39 is 12.0 Å². The van der Waals surface area contributed by atoms with Crippen LogP contribution >= 0.6 is 0 Å². The number of rotatable bonds is 5. The zero-order valence-electron chi connectivity index (χ0n) is 13.3. The third-order valence-electron chi connectivity index (χ3n) is 4.15. The summed E-state index contributed by atoms with van der Waals surface area (Å²) in [6.45, 7) is 0.957. The molecule has 0 saturated carbocycles. The summed E-state index contributed by atoms with van der Waals surface area (Å²) in [5, 5.41) is 12.9. The number of methoxy groups -OCH3 is 1. The number of carboxylic acid groups (broad SMARTS) is 1. The molecule has 2 amide bonds. The molecule has 2 heterocycles. The van der Waals surface area contributed by atoms with E-state index in [0.717, 1.165) is 16.5 Å². The van der Waals surface area contributed by atoms with Crippen LogP contribution in [0, 0.1) is 0 Å². The number of amides is 2. The van der Waals surface area contributed by atoms with Crippen molar-refractivity contribution in [3.05, 3.63) is 42.1 Å². The van der Waals surface area contributed by atoms with E-state index in [1.807, 2.05) is 30.3 Å². The summed E-state index contributed by atoms with van der Waals surface area (Å²) in [4.78, 5) is 29.4. The van der Waals surface area contributed by atoms with Crippen LogP contribution in [0.3, 0.4) is 0 Å². The molecule has 24 heavy (non-hydrogen) atoms. The molecule has 1 aliphatic heterocycles. The molecule has 0 bridgehead atoms. The molecule has 0 spiro atoms. The third-order valence-corrected chi connectivity index (χ3v) is 4.15. The van der Waals surface area contributed by atoms with Gasteiger partial charge in [0.2, 0.25) is 0 Å². The van der Waals surface area contributed by atoms with Gasteiger partial charge in [-0.05, 0) is 17.7 Å². The van der Waals surface area contributed by atoms with Crippen molar-refractivity contribution in [1.82, 2.24) is 15.2 Å². The Morgan fingerprint density at radius 3 is 2.88 bits per heavy atom. The number of hydrogen-bond donors (Lipinski definition) is 2. The first-order valence-corrected chi connectivity index (χ1v) is 7.71. The molecule has 126 valence electrons. The molecule has 1 atom stereocenters. The van der Waals surface area contributed by atoms with Crippen molar-refractivity contribution < 1.29 is 19.4 Å². The number of carboxylic acids is 1. The summed E-state index contributed by atoms with van der Waals surface area (Å²) in [6.07, 6.45) is 1.86. The number of nitrogens with one attached hydrogen (secondary N) is 1. The van der Waals surface area contributed by atoms with Gasteiger partial charge in [0.25, 0.3) is 0 Å². The molecule has 1 aromatic carbocycles. The Hall–Kier alpha value is -2.67. The maximum atomic E-state index is 12.1. The zero-order chi connectivity index (χ0) is 17.1. The van der Waals surface area contributed by atoms with Crippen LogP contribution in [0.5, 0.6) is 0 Å². The molecule has 7 heteroatoms. The second-order valence-corrected chi connectivity index (χ2v) is 5.84. The van der Waals surface area contributed by atoms with Crippen LogP contribution in [-0.4, -0.2) is 59.3 Å². The molecule has 1 saturated heterocycles. The van der Waals surface area contributed by atoms with E-state index in [9.17, 15) is 14.7 Å². The largest absolute Gasteiger partial charge is 0.480 e. The highest BCUT2D eigenvalue weighted by atomic mass is 16.5. The van der Waals surface area contributed by atoms with Crippen LogP contribution in [0.4, 0.5) is 4.79 Å². The molecule has 1 aromatic heterocycles. The highest BCUT2D eigenvalue weighted by Gasteiger charge is 2.32. The maximum Gasteiger partial charge on any atom is 0.326 e. The second kappa shape index (κ2) is 6.84. The number of nitrogens with zero attached hydrogens (tertiary/aromatic N) is 2. The van der Waals surface area contributed by atoms with Crippen LogP contribution in [0.15, 0.2) is 36.5 Å². The van der Waals surface area contributed by atoms with E-state index >= 15 is 0 Å². The number of pyridine rings is 1. The van der Waals surface area contributed by atoms with Gasteiger partial charge in [0.05, 0.1) is 24.7 Å². The Morgan fingerprint density at radius 2 is 2.17 bits per heavy atom. The summed E-state index contributed by atoms with van der Waals surface area (Å²) in [7, 11) is 1.59. The van der Waals surface area contributed by atoms with Crippen molar-refractivity contribution in [3.63, 3.8) is 0 Å². The van der Waals surface area contributed by atoms with Gasteiger partial charge in [-0.1, -0.05) is 18.2 Å². The third kappa shape index (κ3) is 3.46. The van der Waals surface area contributed by atoms with Gasteiger partial charge in [-0.3, -0.25) is 4.98 Å². The lowest BCUT2D eigenvalue weighted by molar-refractivity contribution is -0.139. The summed E-state index contributed by atoms with van der Waals surface area (Å²) >= 11 is 0. The minimum Gasteiger partial charge on any atom is -0.480 e. The summed E-state index contributed by atoms with van der Waals surface area (Å²) in [5.74, 6) is -1.07. The quantitative estimate of drug-likeness (QED) is 0.862. The number of ether oxygens (including phenoxy) is 1. The number of carbonyl (C=O) groups excluding carboxylic acids is 1. The Balaban J connectivity index is 1.67. The van der Waals surface area contributed by atoms with Crippen molar-refractivity contribution in [2.75, 3.05) is 20.2 Å². The van der Waals surface area contributed by atoms with Crippen molar-refractivity contribution in [2.24, 2.45) is 0 Å². The van der Waals surface area contributed by atoms with Gasteiger partial charge >= 0.3 is 12.0 Å². The fourth-order valence-electron chi connectivity index (χ4n) is 2.66. The standard InChI is InChI=1S/C17H19N3O4/c1-24-13-9-20(10-13)17(23)19-15(16(21)22)7-11-6-12-4-2-3-5-14(12)18-8-11/h2-6,8,13,15H,7,9-10H2,1H3,(H,19,23)(H,21,22). The monoisotopic (exact) mass is 329 g/mol. The fourth-order valence-corrected chi connectivity index (χ4v) is 2.66. The first-order valence-electron chi connectivity index (χ1n) is 7.71. The number of fused-ring (bicyclic) bond motifs is 1. The Labute approximate surface area is 139 Å². The molecule has 1 aliphatic rings. The van der Waals surface area contributed by atoms with Crippen LogP contribution in [0.2, 0.25) is 0 Å². The van der Waals surface area contributed by atoms with E-state index in [-0.39, 0.29) is 18.6 Å². The topological polar surface area (TPSA) is 91.8 Å². The van der Waals surface area contributed by atoms with E-state index in [2.05, 4.69) is 10.3 Å². The predicted molar refractivity (Wildman–Crippen MR) is 87.8 cm³/mol. The van der Waals surface area contributed by atoms with Gasteiger partial charge < -0.3 is 20.1 Å². The number of likely N-dealkylation sites (tertiary alicyclic amines) is 1. The van der Waals surface area contributed by atoms with Crippen LogP contribution in [0.25, 0.3) is 10.9 Å². The summed E-state index contributed by atoms with van der Waals surface area (Å²) < 4.78 is 5.11. The van der Waals surface area contributed by atoms with E-state index in [1.54, 1.807) is 13.3 Å². The Morgan fingerprint density at radius 1 is 1.42 bits per heavy atom. The number of para-hydroxylation sites is 1. The van der Waals surface area contributed by atoms with E-state index in [0.29, 0.717) is 13.1 Å². The molecule has 0 aliphatic carbocycles. The lowest BCUT2D eigenvalue weighted by Gasteiger charge is -2.38. The molecule has 2 N–H and O–H groups in total. The van der Waals surface area contributed by atoms with Crippen LogP contribution in [-0.2, 0) is 16.0 Å². The fraction of sp³-hybridized carbons (Fsp3) is 0.353. The van der Waals surface area contributed by atoms with Crippen molar-refractivity contribution in [2.45, 2.75) is 18.6 Å². The van der Waals surface area contributed by atoms with Crippen molar-refractivity contribution in [3.8, 4) is 0 Å². The number of hydrogen-bond acceptors (Lipinski definition) is 4. The number of carbonyl (C=O) groups is 2. The first-order chi connectivity index (χ1) is 11.6. The van der Waals surface area contributed by atoms with Crippen molar-refractivity contribution >= 4 is 22.9 Å². The molecule has 7 nitrogen and oxygen atoms in total. The SMILES string of the molecule is COC1CN(C(=O)NC(Cc2cnc3ccccc3c2)C(=O)O)C1. The highest BCUT2D eigenvalue weighted by molar-refractivity contribution is 5.84. The normalized spacial score (nSPS) is 15.8. The average Bonchev–Trinajstić information content (AvgIpc) is 2.53. The molecular weight excluding hydrogens is 310 g/mol. The lowest BCUT2D eigenvalue weighted by atomic mass is 10.1. The van der Waals surface area contributed by atoms with E-state index in [1.165, 1.54) is 4.90 Å². The lowest BCUT2D eigenvalue weighted by Crippen LogP contribution is -2.59. The average molecular weight is 329 g/mol. The summed E-state index contributed by atoms with van der Waals surface area (Å²) in [5.41, 5.74) is 1.61. The van der Waals surface area contributed by atoms with Crippen LogP contribution < -0.4 is 5.32 Å². The predicted octanol–water partition coefficient (Wildman–Crippen LogP) is 1.27. The Kier molecular flexibility index (Phi) is 4.61. The van der Waals surface area contributed by atoms with Gasteiger partial charge in [0.15, 0.2) is 0 Å². The smallest absolute Gasteiger partial charge is 0.326 e. The van der Waals surface area contributed by atoms with Crippen LogP contribution in [0.1, 0.15) is 5.56 Å². The summed E-state index contributed by atoms with van der Waals surface area (Å²) in [6, 6.07) is 8.13. The molecule has 2 aromatic rings. The Bertz CT molecular complexity index is 758. The van der Waals surface area contributed by atoms with Gasteiger partial charge in [0.1, 0.15) is 6.04 Å². The molecule has 1 unspecified atom stereocenters. The van der Waals surface area contributed by atoms with Gasteiger partial charge in [-0.15, -0.1) is 0 Å². The van der Waals surface area contributed by atoms with Gasteiger partial charge in [-0.2, -0.15) is 0 Å². The number of urea groups is 1. The van der Waals surface area contributed by atoms with E-state index in [4.69, 9.17) is 4.74 Å². The van der Waals surface area contributed by atoms with Crippen molar-refractivity contribution in [1.29, 1.82) is 0 Å². The zero-order valence-corrected chi connectivity index (χ0v) is 13.3. The molecule has 0 radical (unpaired) electrons. The molecular formula is C17H19N3O4. The molecule has 1 fully saturated rings. The number of aliphatic carboxylic acids is 1. The highest BCUT2D eigenvalue weighted by Crippen LogP contribution is 2.15. The molecule has 3 rings (SSSR count). The minimum absolute atomic E-state index is 0.0312. The second-order valence-electron chi connectivity index (χ2n) is 5.84. The number of aromatic nitrogens is 1. The van der Waals surface area contributed by atoms with Gasteiger partial charge in [0, 0.05) is 25.1 Å². The first kappa shape index (κ1) is 16.2. The number of benzene rings is 1. The minimum atomic E-state index is -1.07. The maximum absolute atomic E-state index is 12.1.